The van der Waals surface area contributed by atoms with Gasteiger partial charge in [-0.2, -0.15) is 13.2 Å². The number of piperidine rings is 1. The Balaban J connectivity index is 2.35. The van der Waals surface area contributed by atoms with Crippen molar-refractivity contribution >= 4 is 5.91 Å². The van der Waals surface area contributed by atoms with Crippen molar-refractivity contribution in [2.24, 2.45) is 5.92 Å². The van der Waals surface area contributed by atoms with Gasteiger partial charge in [0, 0.05) is 18.5 Å². The van der Waals surface area contributed by atoms with Crippen LogP contribution in [0.3, 0.4) is 0 Å². The monoisotopic (exact) mass is 252 g/mol. The van der Waals surface area contributed by atoms with E-state index in [0.29, 0.717) is 6.42 Å². The van der Waals surface area contributed by atoms with Crippen molar-refractivity contribution in [1.82, 2.24) is 10.6 Å². The zero-order chi connectivity index (χ0) is 13.1. The zero-order valence-electron chi connectivity index (χ0n) is 10.1. The lowest BCUT2D eigenvalue weighted by Crippen LogP contribution is -2.54. The van der Waals surface area contributed by atoms with Gasteiger partial charge in [-0.3, -0.25) is 4.79 Å². The lowest BCUT2D eigenvalue weighted by atomic mass is 9.99. The van der Waals surface area contributed by atoms with Gasteiger partial charge >= 0.3 is 6.18 Å². The van der Waals surface area contributed by atoms with Gasteiger partial charge in [0.25, 0.3) is 0 Å². The number of hydrogen-bond donors (Lipinski definition) is 2. The van der Waals surface area contributed by atoms with Crippen LogP contribution in [0.15, 0.2) is 0 Å². The Morgan fingerprint density at radius 2 is 2.12 bits per heavy atom. The molecule has 0 saturated carbocycles. The Morgan fingerprint density at radius 1 is 1.47 bits per heavy atom. The highest BCUT2D eigenvalue weighted by Gasteiger charge is 2.41. The van der Waals surface area contributed by atoms with Gasteiger partial charge in [-0.1, -0.05) is 13.8 Å². The highest BCUT2D eigenvalue weighted by atomic mass is 19.4. The summed E-state index contributed by atoms with van der Waals surface area (Å²) in [4.78, 5) is 11.6. The van der Waals surface area contributed by atoms with E-state index in [1.54, 1.807) is 0 Å². The molecule has 3 unspecified atom stereocenters. The van der Waals surface area contributed by atoms with Gasteiger partial charge in [-0.25, -0.2) is 0 Å². The second kappa shape index (κ2) is 5.71. The van der Waals surface area contributed by atoms with Crippen LogP contribution < -0.4 is 10.6 Å². The number of nitrogens with one attached hydrogen (secondary N) is 2. The molecule has 0 aromatic carbocycles. The summed E-state index contributed by atoms with van der Waals surface area (Å²) in [5.41, 5.74) is 0. The van der Waals surface area contributed by atoms with Crippen LogP contribution in [0.25, 0.3) is 0 Å². The van der Waals surface area contributed by atoms with E-state index in [1.165, 1.54) is 0 Å². The molecule has 3 nitrogen and oxygen atoms in total. The number of rotatable bonds is 3. The summed E-state index contributed by atoms with van der Waals surface area (Å²) >= 11 is 0. The Labute approximate surface area is 99.1 Å². The molecule has 2 N–H and O–H groups in total. The van der Waals surface area contributed by atoms with Gasteiger partial charge in [-0.15, -0.1) is 0 Å². The van der Waals surface area contributed by atoms with Crippen molar-refractivity contribution in [1.29, 1.82) is 0 Å². The van der Waals surface area contributed by atoms with Crippen LogP contribution >= 0.6 is 0 Å². The number of halogens is 3. The Morgan fingerprint density at radius 3 is 2.53 bits per heavy atom. The van der Waals surface area contributed by atoms with Crippen LogP contribution in [0.4, 0.5) is 13.2 Å². The molecule has 1 rings (SSSR count). The fourth-order valence-corrected chi connectivity index (χ4v) is 1.79. The molecule has 0 radical (unpaired) electrons. The maximum Gasteiger partial charge on any atom is 0.403 e. The molecule has 6 heteroatoms. The summed E-state index contributed by atoms with van der Waals surface area (Å²) in [5, 5.41) is 5.20. The molecular formula is C11H19F3N2O. The lowest BCUT2D eigenvalue weighted by molar-refractivity contribution is -0.161. The number of hydrogen-bond acceptors (Lipinski definition) is 2. The normalized spacial score (nSPS) is 27.6. The molecule has 0 aromatic heterocycles. The van der Waals surface area contributed by atoms with Crippen molar-refractivity contribution in [2.45, 2.75) is 51.4 Å². The fourth-order valence-electron chi connectivity index (χ4n) is 1.79. The summed E-state index contributed by atoms with van der Waals surface area (Å²) in [7, 11) is 0. The van der Waals surface area contributed by atoms with E-state index in [2.05, 4.69) is 10.6 Å². The smallest absolute Gasteiger partial charge is 0.352 e. The first kappa shape index (κ1) is 14.3. The number of alkyl halides is 3. The van der Waals surface area contributed by atoms with Crippen LogP contribution in [0, 0.1) is 5.92 Å². The van der Waals surface area contributed by atoms with E-state index in [1.807, 2.05) is 13.8 Å². The minimum absolute atomic E-state index is 0.0228. The van der Waals surface area contributed by atoms with Crippen LogP contribution in [-0.4, -0.2) is 30.7 Å². The summed E-state index contributed by atoms with van der Waals surface area (Å²) in [6.07, 6.45) is -3.06. The molecule has 1 amide bonds. The van der Waals surface area contributed by atoms with Crippen molar-refractivity contribution in [2.75, 3.05) is 6.54 Å². The van der Waals surface area contributed by atoms with Crippen molar-refractivity contribution in [3.8, 4) is 0 Å². The quantitative estimate of drug-likeness (QED) is 0.804. The summed E-state index contributed by atoms with van der Waals surface area (Å²) in [6, 6.07) is -1.62. The number of carbonyl (C=O) groups is 1. The molecule has 0 aromatic rings. The summed E-state index contributed by atoms with van der Waals surface area (Å²) in [5.74, 6) is -0.167. The predicted molar refractivity (Wildman–Crippen MR) is 58.5 cm³/mol. The van der Waals surface area contributed by atoms with Crippen molar-refractivity contribution in [3.05, 3.63) is 0 Å². The number of amides is 1. The third-order valence-electron chi connectivity index (χ3n) is 3.22. The third kappa shape index (κ3) is 4.18. The van der Waals surface area contributed by atoms with Gasteiger partial charge in [-0.05, 0) is 19.3 Å². The zero-order valence-corrected chi connectivity index (χ0v) is 10.1. The average Bonchev–Trinajstić information content (AvgIpc) is 2.27. The van der Waals surface area contributed by atoms with E-state index in [9.17, 15) is 18.0 Å². The van der Waals surface area contributed by atoms with Crippen LogP contribution in [-0.2, 0) is 4.79 Å². The second-order valence-electron chi connectivity index (χ2n) is 4.59. The van der Waals surface area contributed by atoms with Crippen molar-refractivity contribution < 1.29 is 18.0 Å². The molecule has 17 heavy (non-hydrogen) atoms. The molecule has 1 aliphatic rings. The first-order valence-corrected chi connectivity index (χ1v) is 5.95. The van der Waals surface area contributed by atoms with Gasteiger partial charge < -0.3 is 10.6 Å². The molecule has 0 bridgehead atoms. The molecule has 1 saturated heterocycles. The van der Waals surface area contributed by atoms with E-state index < -0.39 is 12.2 Å². The van der Waals surface area contributed by atoms with Crippen LogP contribution in [0.1, 0.15) is 33.1 Å². The average molecular weight is 252 g/mol. The molecule has 100 valence electrons. The standard InChI is InChI=1S/C11H19F3N2O/c1-3-7(2)10(17)16-8-4-5-9(15-6-8)11(12,13)14/h7-9,15H,3-6H2,1-2H3,(H,16,17). The highest BCUT2D eigenvalue weighted by molar-refractivity contribution is 5.78. The molecule has 1 fully saturated rings. The van der Waals surface area contributed by atoms with E-state index in [-0.39, 0.29) is 30.8 Å². The Hall–Kier alpha value is -0.780. The Kier molecular flexibility index (Phi) is 4.80. The minimum atomic E-state index is -4.19. The second-order valence-corrected chi connectivity index (χ2v) is 4.59. The first-order chi connectivity index (χ1) is 7.84. The largest absolute Gasteiger partial charge is 0.403 e. The molecule has 1 aliphatic heterocycles. The van der Waals surface area contributed by atoms with E-state index in [4.69, 9.17) is 0 Å². The van der Waals surface area contributed by atoms with Gasteiger partial charge in [0.15, 0.2) is 0 Å². The lowest BCUT2D eigenvalue weighted by Gasteiger charge is -2.32. The van der Waals surface area contributed by atoms with Crippen LogP contribution in [0.2, 0.25) is 0 Å². The van der Waals surface area contributed by atoms with E-state index >= 15 is 0 Å². The molecule has 0 aliphatic carbocycles. The van der Waals surface area contributed by atoms with Gasteiger partial charge in [0.2, 0.25) is 5.91 Å². The van der Waals surface area contributed by atoms with Gasteiger partial charge in [0.05, 0.1) is 0 Å². The predicted octanol–water partition coefficient (Wildman–Crippen LogP) is 1.83. The topological polar surface area (TPSA) is 41.1 Å². The maximum absolute atomic E-state index is 12.4. The van der Waals surface area contributed by atoms with E-state index in [0.717, 1.165) is 6.42 Å². The summed E-state index contributed by atoms with van der Waals surface area (Å²) < 4.78 is 37.1. The molecule has 1 heterocycles. The van der Waals surface area contributed by atoms with Crippen molar-refractivity contribution in [3.63, 3.8) is 0 Å². The van der Waals surface area contributed by atoms with Gasteiger partial charge in [0.1, 0.15) is 6.04 Å². The minimum Gasteiger partial charge on any atom is -0.352 e. The summed E-state index contributed by atoms with van der Waals surface area (Å²) in [6.45, 7) is 3.90. The number of carbonyl (C=O) groups excluding carboxylic acids is 1. The first-order valence-electron chi connectivity index (χ1n) is 5.95. The molecular weight excluding hydrogens is 233 g/mol. The van der Waals surface area contributed by atoms with Crippen LogP contribution in [0.5, 0.6) is 0 Å². The highest BCUT2D eigenvalue weighted by Crippen LogP contribution is 2.26. The maximum atomic E-state index is 12.4. The molecule has 0 spiro atoms. The Bertz CT molecular complexity index is 260. The SMILES string of the molecule is CCC(C)C(=O)NC1CCC(C(F)(F)F)NC1. The fraction of sp³-hybridized carbons (Fsp3) is 0.909. The molecule has 3 atom stereocenters. The third-order valence-corrected chi connectivity index (χ3v) is 3.22.